The van der Waals surface area contributed by atoms with E-state index in [9.17, 15) is 4.79 Å². The van der Waals surface area contributed by atoms with E-state index in [0.717, 1.165) is 17.5 Å². The van der Waals surface area contributed by atoms with Crippen LogP contribution in [0.5, 0.6) is 0 Å². The molecule has 72 valence electrons. The molecule has 1 rings (SSSR count). The Hall–Kier alpha value is -1.17. The van der Waals surface area contributed by atoms with Crippen LogP contribution >= 0.6 is 12.2 Å². The van der Waals surface area contributed by atoms with Gasteiger partial charge in [0, 0.05) is 0 Å². The molecule has 0 unspecified atom stereocenters. The third-order valence-corrected chi connectivity index (χ3v) is 2.03. The molecule has 0 radical (unpaired) electrons. The average molecular weight is 200 g/mol. The molecule has 0 fully saturated rings. The Morgan fingerprint density at radius 2 is 2.38 bits per heavy atom. The molecule has 0 amide bonds. The number of nitrogens with one attached hydrogen (secondary N) is 1. The van der Waals surface area contributed by atoms with Gasteiger partial charge in [0.25, 0.3) is 5.56 Å². The summed E-state index contributed by atoms with van der Waals surface area (Å²) in [5.41, 5.74) is 0.134. The highest BCUT2D eigenvalue weighted by molar-refractivity contribution is 7.71. The fourth-order valence-corrected chi connectivity index (χ4v) is 1.08. The molecule has 6 heteroatoms. The van der Waals surface area contributed by atoms with E-state index in [4.69, 9.17) is 18.1 Å². The molecule has 0 aromatic carbocycles. The summed E-state index contributed by atoms with van der Waals surface area (Å²) in [4.78, 5) is 11.4. The Kier molecular flexibility index (Phi) is 3.18. The maximum absolute atomic E-state index is 11.4. The molecule has 0 saturated heterocycles. The molecular formula is C7H12N4OS. The molecule has 0 spiro atoms. The summed E-state index contributed by atoms with van der Waals surface area (Å²) < 4.78 is 1.05. The summed E-state index contributed by atoms with van der Waals surface area (Å²) in [7, 11) is 0. The number of nitrogen functional groups attached to an aromatic ring is 1. The molecule has 5 nitrogen and oxygen atoms in total. The van der Waals surface area contributed by atoms with Crippen LogP contribution in [0.1, 0.15) is 25.5 Å². The lowest BCUT2D eigenvalue weighted by Gasteiger charge is -2.00. The van der Waals surface area contributed by atoms with Gasteiger partial charge >= 0.3 is 0 Å². The van der Waals surface area contributed by atoms with Crippen LogP contribution in [0.2, 0.25) is 0 Å². The molecule has 0 atom stereocenters. The lowest BCUT2D eigenvalue weighted by Crippen LogP contribution is -2.32. The van der Waals surface area contributed by atoms with Gasteiger partial charge in [-0.1, -0.05) is 13.3 Å². The van der Waals surface area contributed by atoms with Crippen LogP contribution < -0.4 is 11.4 Å². The van der Waals surface area contributed by atoms with Crippen molar-refractivity contribution in [1.82, 2.24) is 14.9 Å². The Balaban J connectivity index is 3.05. The number of nitrogens with zero attached hydrogens (tertiary/aromatic N) is 2. The third-order valence-electron chi connectivity index (χ3n) is 1.74. The van der Waals surface area contributed by atoms with E-state index < -0.39 is 0 Å². The summed E-state index contributed by atoms with van der Waals surface area (Å²) in [6.07, 6.45) is 2.58. The summed E-state index contributed by atoms with van der Waals surface area (Å²) in [5.74, 6) is 5.38. The van der Waals surface area contributed by atoms with Gasteiger partial charge in [-0.05, 0) is 25.1 Å². The van der Waals surface area contributed by atoms with E-state index in [2.05, 4.69) is 10.2 Å². The van der Waals surface area contributed by atoms with Crippen LogP contribution in [0.15, 0.2) is 4.79 Å². The van der Waals surface area contributed by atoms with Crippen molar-refractivity contribution < 1.29 is 0 Å². The van der Waals surface area contributed by atoms with E-state index in [1.54, 1.807) is 0 Å². The third kappa shape index (κ3) is 2.15. The Morgan fingerprint density at radius 3 is 3.00 bits per heavy atom. The second-order valence-corrected chi connectivity index (χ2v) is 3.14. The SMILES string of the molecule is CCCCc1n[nH]c(=S)n(N)c1=O. The fourth-order valence-electron chi connectivity index (χ4n) is 0.955. The highest BCUT2D eigenvalue weighted by atomic mass is 32.1. The highest BCUT2D eigenvalue weighted by Gasteiger charge is 2.03. The van der Waals surface area contributed by atoms with Crippen LogP contribution in [0.3, 0.4) is 0 Å². The normalized spacial score (nSPS) is 10.2. The summed E-state index contributed by atoms with van der Waals surface area (Å²) in [6.45, 7) is 2.05. The quantitative estimate of drug-likeness (QED) is 0.545. The monoisotopic (exact) mass is 200 g/mol. The van der Waals surface area contributed by atoms with Crippen molar-refractivity contribution in [2.45, 2.75) is 26.2 Å². The molecule has 0 aliphatic rings. The van der Waals surface area contributed by atoms with Gasteiger partial charge in [0.05, 0.1) is 0 Å². The lowest BCUT2D eigenvalue weighted by molar-refractivity contribution is 0.701. The van der Waals surface area contributed by atoms with Gasteiger partial charge in [-0.15, -0.1) is 0 Å². The topological polar surface area (TPSA) is 76.7 Å². The number of nitrogens with two attached hydrogens (primary N) is 1. The van der Waals surface area contributed by atoms with E-state index >= 15 is 0 Å². The smallest absolute Gasteiger partial charge is 0.294 e. The first-order valence-electron chi connectivity index (χ1n) is 4.12. The van der Waals surface area contributed by atoms with Crippen molar-refractivity contribution in [3.05, 3.63) is 20.8 Å². The van der Waals surface area contributed by atoms with Gasteiger partial charge in [0.2, 0.25) is 4.77 Å². The minimum Gasteiger partial charge on any atom is -0.334 e. The van der Waals surface area contributed by atoms with Crippen molar-refractivity contribution in [3.8, 4) is 0 Å². The van der Waals surface area contributed by atoms with Crippen molar-refractivity contribution in [2.24, 2.45) is 0 Å². The average Bonchev–Trinajstić information content (AvgIpc) is 2.13. The maximum Gasteiger partial charge on any atom is 0.294 e. The van der Waals surface area contributed by atoms with Crippen molar-refractivity contribution in [3.63, 3.8) is 0 Å². The van der Waals surface area contributed by atoms with E-state index in [1.165, 1.54) is 0 Å². The van der Waals surface area contributed by atoms with Crippen LogP contribution in [-0.4, -0.2) is 14.9 Å². The second kappa shape index (κ2) is 4.18. The molecule has 1 aromatic rings. The van der Waals surface area contributed by atoms with Gasteiger partial charge in [-0.25, -0.2) is 0 Å². The van der Waals surface area contributed by atoms with Gasteiger partial charge in [-0.3, -0.25) is 9.89 Å². The first-order valence-corrected chi connectivity index (χ1v) is 4.53. The first-order chi connectivity index (χ1) is 6.16. The van der Waals surface area contributed by atoms with Crippen molar-refractivity contribution in [2.75, 3.05) is 5.84 Å². The summed E-state index contributed by atoms with van der Waals surface area (Å²) in [6, 6.07) is 0. The van der Waals surface area contributed by atoms with Crippen LogP contribution in [0.25, 0.3) is 0 Å². The molecule has 1 aromatic heterocycles. The van der Waals surface area contributed by atoms with Crippen molar-refractivity contribution >= 4 is 12.2 Å². The van der Waals surface area contributed by atoms with Crippen LogP contribution in [-0.2, 0) is 6.42 Å². The molecule has 0 aliphatic carbocycles. The number of hydrogen-bond donors (Lipinski definition) is 2. The maximum atomic E-state index is 11.4. The summed E-state index contributed by atoms with van der Waals surface area (Å²) >= 11 is 4.73. The Bertz CT molecular complexity index is 394. The van der Waals surface area contributed by atoms with E-state index in [1.807, 2.05) is 6.92 Å². The number of hydrogen-bond acceptors (Lipinski definition) is 4. The van der Waals surface area contributed by atoms with E-state index in [-0.39, 0.29) is 10.3 Å². The molecule has 0 saturated carbocycles. The number of aromatic nitrogens is 3. The van der Waals surface area contributed by atoms with Gasteiger partial charge < -0.3 is 5.84 Å². The Morgan fingerprint density at radius 1 is 1.69 bits per heavy atom. The minimum atomic E-state index is -0.308. The lowest BCUT2D eigenvalue weighted by atomic mass is 10.2. The fraction of sp³-hybridized carbons (Fsp3) is 0.571. The molecular weight excluding hydrogens is 188 g/mol. The van der Waals surface area contributed by atoms with Gasteiger partial charge in [-0.2, -0.15) is 9.77 Å². The van der Waals surface area contributed by atoms with Crippen molar-refractivity contribution in [1.29, 1.82) is 0 Å². The highest BCUT2D eigenvalue weighted by Crippen LogP contribution is 1.94. The molecule has 0 aliphatic heterocycles. The van der Waals surface area contributed by atoms with Crippen LogP contribution in [0.4, 0.5) is 0 Å². The molecule has 13 heavy (non-hydrogen) atoms. The number of aromatic amines is 1. The standard InChI is InChI=1S/C7H12N4OS/c1-2-3-4-5-6(12)11(8)7(13)10-9-5/h2-4,8H2,1H3,(H,10,13). The zero-order valence-corrected chi connectivity index (χ0v) is 8.23. The molecule has 0 bridgehead atoms. The number of rotatable bonds is 3. The molecule has 3 N–H and O–H groups in total. The summed E-state index contributed by atoms with van der Waals surface area (Å²) in [5, 5.41) is 6.35. The molecule has 1 heterocycles. The van der Waals surface area contributed by atoms with E-state index in [0.29, 0.717) is 12.1 Å². The number of unbranched alkanes of at least 4 members (excludes halogenated alkanes) is 1. The zero-order valence-electron chi connectivity index (χ0n) is 7.41. The largest absolute Gasteiger partial charge is 0.334 e. The zero-order chi connectivity index (χ0) is 9.84. The Labute approximate surface area is 80.6 Å². The van der Waals surface area contributed by atoms with Crippen LogP contribution in [0, 0.1) is 4.77 Å². The predicted octanol–water partition coefficient (Wildman–Crippen LogP) is 0.357. The minimum absolute atomic E-state index is 0.144. The number of H-pyrrole nitrogens is 1. The predicted molar refractivity (Wildman–Crippen MR) is 52.4 cm³/mol. The van der Waals surface area contributed by atoms with Gasteiger partial charge in [0.1, 0.15) is 5.69 Å². The second-order valence-electron chi connectivity index (χ2n) is 2.75. The van der Waals surface area contributed by atoms with Gasteiger partial charge in [0.15, 0.2) is 0 Å². The first kappa shape index (κ1) is 9.91. The number of aryl methyl sites for hydroxylation is 1.